The van der Waals surface area contributed by atoms with Crippen molar-refractivity contribution in [2.24, 2.45) is 10.7 Å². The summed E-state index contributed by atoms with van der Waals surface area (Å²) in [5, 5.41) is 0.0969. The van der Waals surface area contributed by atoms with Crippen LogP contribution in [0.1, 0.15) is 12.7 Å². The molecule has 2 heterocycles. The highest BCUT2D eigenvalue weighted by Crippen LogP contribution is 2.35. The van der Waals surface area contributed by atoms with E-state index in [1.165, 1.54) is 24.3 Å². The van der Waals surface area contributed by atoms with Crippen molar-refractivity contribution in [3.05, 3.63) is 53.1 Å². The van der Waals surface area contributed by atoms with Gasteiger partial charge >= 0.3 is 0 Å². The van der Waals surface area contributed by atoms with Crippen molar-refractivity contribution in [1.29, 1.82) is 0 Å². The number of nitrogens with zero attached hydrogens (tertiary/aromatic N) is 2. The molecule has 2 amide bonds. The number of primary amides is 1. The molecule has 1 aromatic heterocycles. The lowest BCUT2D eigenvalue weighted by molar-refractivity contribution is -0.117. The van der Waals surface area contributed by atoms with Crippen molar-refractivity contribution in [1.82, 2.24) is 0 Å². The number of methoxy groups -OCH3 is 1. The van der Waals surface area contributed by atoms with Gasteiger partial charge in [-0.15, -0.1) is 0 Å². The summed E-state index contributed by atoms with van der Waals surface area (Å²) in [6.45, 7) is 1.65. The number of amidine groups is 1. The molecule has 7 nitrogen and oxygen atoms in total. The van der Waals surface area contributed by atoms with Gasteiger partial charge in [-0.2, -0.15) is 0 Å². The van der Waals surface area contributed by atoms with Gasteiger partial charge in [-0.1, -0.05) is 23.4 Å². The summed E-state index contributed by atoms with van der Waals surface area (Å²) in [5.41, 5.74) is 6.03. The molecule has 0 saturated carbocycles. The number of carbonyl (C=O) groups is 2. The quantitative estimate of drug-likeness (QED) is 0.769. The van der Waals surface area contributed by atoms with Gasteiger partial charge in [0.2, 0.25) is 5.91 Å². The van der Waals surface area contributed by atoms with Crippen LogP contribution in [0.4, 0.5) is 5.69 Å². The van der Waals surface area contributed by atoms with Gasteiger partial charge in [-0.25, -0.2) is 4.99 Å². The smallest absolute Gasteiger partial charge is 0.283 e. The Morgan fingerprint density at radius 3 is 2.81 bits per heavy atom. The van der Waals surface area contributed by atoms with E-state index in [0.717, 1.165) is 11.8 Å². The Morgan fingerprint density at radius 2 is 2.22 bits per heavy atom. The van der Waals surface area contributed by atoms with Crippen LogP contribution in [0.2, 0.25) is 5.02 Å². The normalized spacial score (nSPS) is 16.6. The van der Waals surface area contributed by atoms with Gasteiger partial charge in [-0.05, 0) is 37.3 Å². The maximum atomic E-state index is 13.0. The molecule has 3 rings (SSSR count). The summed E-state index contributed by atoms with van der Waals surface area (Å²) in [4.78, 5) is 30.2. The molecule has 0 bridgehead atoms. The zero-order chi connectivity index (χ0) is 19.6. The minimum Gasteiger partial charge on any atom is -0.495 e. The monoisotopic (exact) mass is 405 g/mol. The number of nitrogens with two attached hydrogens (primary N) is 1. The fourth-order valence-electron chi connectivity index (χ4n) is 2.32. The molecule has 1 aliphatic heterocycles. The molecule has 0 aliphatic carbocycles. The van der Waals surface area contributed by atoms with Crippen LogP contribution in [0.3, 0.4) is 0 Å². The minimum absolute atomic E-state index is 0.177. The number of carbonyl (C=O) groups excluding carboxylic acids is 2. The lowest BCUT2D eigenvalue weighted by Crippen LogP contribution is -2.33. The van der Waals surface area contributed by atoms with E-state index in [4.69, 9.17) is 26.5 Å². The predicted octanol–water partition coefficient (Wildman–Crippen LogP) is 3.29. The third-order valence-electron chi connectivity index (χ3n) is 3.73. The Bertz CT molecular complexity index is 940. The zero-order valence-corrected chi connectivity index (χ0v) is 16.1. The number of hydrogen-bond acceptors (Lipinski definition) is 6. The van der Waals surface area contributed by atoms with E-state index >= 15 is 0 Å². The lowest BCUT2D eigenvalue weighted by atomic mass is 10.2. The summed E-state index contributed by atoms with van der Waals surface area (Å²) >= 11 is 7.29. The van der Waals surface area contributed by atoms with E-state index in [2.05, 4.69) is 4.99 Å². The Kier molecular flexibility index (Phi) is 5.57. The van der Waals surface area contributed by atoms with E-state index < -0.39 is 11.2 Å². The fraction of sp³-hybridized carbons (Fsp3) is 0.167. The van der Waals surface area contributed by atoms with Gasteiger partial charge in [0.15, 0.2) is 5.17 Å². The largest absolute Gasteiger partial charge is 0.495 e. The maximum absolute atomic E-state index is 13.0. The molecule has 1 aliphatic rings. The van der Waals surface area contributed by atoms with Gasteiger partial charge in [0, 0.05) is 6.08 Å². The molecular weight excluding hydrogens is 390 g/mol. The van der Waals surface area contributed by atoms with Crippen molar-refractivity contribution in [2.75, 3.05) is 12.0 Å². The van der Waals surface area contributed by atoms with Crippen molar-refractivity contribution < 1.29 is 18.7 Å². The summed E-state index contributed by atoms with van der Waals surface area (Å²) in [6, 6.07) is 8.35. The Hall–Kier alpha value is -2.71. The molecule has 0 radical (unpaired) electrons. The molecule has 1 unspecified atom stereocenters. The molecule has 1 aromatic carbocycles. The van der Waals surface area contributed by atoms with Crippen LogP contribution in [-0.2, 0) is 9.59 Å². The average Bonchev–Trinajstić information content (AvgIpc) is 3.24. The van der Waals surface area contributed by atoms with Crippen molar-refractivity contribution in [2.45, 2.75) is 12.2 Å². The van der Waals surface area contributed by atoms with Gasteiger partial charge in [0.1, 0.15) is 17.2 Å². The number of thioether (sulfide) groups is 1. The Labute approximate surface area is 164 Å². The first kappa shape index (κ1) is 19.1. The van der Waals surface area contributed by atoms with Gasteiger partial charge in [-0.3, -0.25) is 14.5 Å². The summed E-state index contributed by atoms with van der Waals surface area (Å²) in [5.74, 6) is 0.0946. The van der Waals surface area contributed by atoms with Crippen LogP contribution < -0.4 is 15.4 Å². The number of halogens is 1. The number of aliphatic imine (C=N–C) groups is 1. The summed E-state index contributed by atoms with van der Waals surface area (Å²) < 4.78 is 10.4. The number of benzene rings is 1. The van der Waals surface area contributed by atoms with Crippen LogP contribution >= 0.6 is 23.4 Å². The number of furan rings is 1. The highest BCUT2D eigenvalue weighted by Gasteiger charge is 2.34. The maximum Gasteiger partial charge on any atom is 0.283 e. The highest BCUT2D eigenvalue weighted by atomic mass is 35.5. The molecule has 0 saturated heterocycles. The SMILES string of the molecule is COc1ccc(N2C(=O)C(=Cc3ccco3)N=C2SC(C)C(N)=O)cc1Cl. The van der Waals surface area contributed by atoms with Gasteiger partial charge in [0.05, 0.1) is 29.3 Å². The van der Waals surface area contributed by atoms with Gasteiger partial charge in [0.25, 0.3) is 5.91 Å². The standard InChI is InChI=1S/C18H16ClN3O4S/c1-10(16(20)23)27-18-21-14(9-12-4-3-7-26-12)17(24)22(18)11-5-6-15(25-2)13(19)8-11/h3-10H,1-2H3,(H2,20,23). The zero-order valence-electron chi connectivity index (χ0n) is 14.5. The number of hydrogen-bond donors (Lipinski definition) is 1. The molecule has 27 heavy (non-hydrogen) atoms. The second-order valence-corrected chi connectivity index (χ2v) is 7.28. The highest BCUT2D eigenvalue weighted by molar-refractivity contribution is 8.15. The van der Waals surface area contributed by atoms with Crippen LogP contribution in [0.5, 0.6) is 5.75 Å². The molecule has 2 aromatic rings. The number of ether oxygens (including phenoxy) is 1. The number of amides is 2. The molecule has 9 heteroatoms. The van der Waals surface area contributed by atoms with Crippen LogP contribution in [0.15, 0.2) is 51.7 Å². The minimum atomic E-state index is -0.573. The topological polar surface area (TPSA) is 98.1 Å². The number of anilines is 1. The molecule has 1 atom stereocenters. The van der Waals surface area contributed by atoms with Gasteiger partial charge < -0.3 is 14.9 Å². The molecule has 0 spiro atoms. The van der Waals surface area contributed by atoms with Crippen LogP contribution in [-0.4, -0.2) is 29.3 Å². The second-order valence-electron chi connectivity index (χ2n) is 5.56. The summed E-state index contributed by atoms with van der Waals surface area (Å²) in [7, 11) is 1.50. The third kappa shape index (κ3) is 4.01. The predicted molar refractivity (Wildman–Crippen MR) is 106 cm³/mol. The average molecular weight is 406 g/mol. The molecule has 140 valence electrons. The summed E-state index contributed by atoms with van der Waals surface area (Å²) in [6.07, 6.45) is 3.03. The van der Waals surface area contributed by atoms with E-state index in [1.54, 1.807) is 37.3 Å². The first-order chi connectivity index (χ1) is 12.9. The van der Waals surface area contributed by atoms with E-state index in [1.807, 2.05) is 0 Å². The second kappa shape index (κ2) is 7.89. The third-order valence-corrected chi connectivity index (χ3v) is 5.09. The Morgan fingerprint density at radius 1 is 1.44 bits per heavy atom. The molecular formula is C18H16ClN3O4S. The lowest BCUT2D eigenvalue weighted by Gasteiger charge is -2.20. The first-order valence-corrected chi connectivity index (χ1v) is 9.14. The van der Waals surface area contributed by atoms with Crippen molar-refractivity contribution >= 4 is 52.1 Å². The Balaban J connectivity index is 2.01. The van der Waals surface area contributed by atoms with E-state index in [-0.39, 0.29) is 11.6 Å². The van der Waals surface area contributed by atoms with Crippen LogP contribution in [0.25, 0.3) is 6.08 Å². The van der Waals surface area contributed by atoms with Crippen molar-refractivity contribution in [3.8, 4) is 5.75 Å². The molecule has 2 N–H and O–H groups in total. The van der Waals surface area contributed by atoms with E-state index in [0.29, 0.717) is 27.4 Å². The van der Waals surface area contributed by atoms with Crippen molar-refractivity contribution in [3.63, 3.8) is 0 Å². The number of rotatable bonds is 5. The fourth-order valence-corrected chi connectivity index (χ4v) is 3.45. The van der Waals surface area contributed by atoms with E-state index in [9.17, 15) is 9.59 Å². The molecule has 0 fully saturated rings. The van der Waals surface area contributed by atoms with Crippen LogP contribution in [0, 0.1) is 0 Å². The first-order valence-electron chi connectivity index (χ1n) is 7.88.